The molecule has 0 aliphatic heterocycles. The number of rotatable bonds is 6. The van der Waals surface area contributed by atoms with Crippen molar-refractivity contribution in [3.8, 4) is 11.5 Å². The zero-order valence-electron chi connectivity index (χ0n) is 10.2. The molecule has 0 aromatic heterocycles. The van der Waals surface area contributed by atoms with Crippen molar-refractivity contribution < 1.29 is 19.4 Å². The highest BCUT2D eigenvalue weighted by molar-refractivity contribution is 5.72. The van der Waals surface area contributed by atoms with Crippen LogP contribution in [0.5, 0.6) is 11.5 Å². The normalized spacial score (nSPS) is 11.9. The van der Waals surface area contributed by atoms with E-state index in [9.17, 15) is 4.79 Å². The van der Waals surface area contributed by atoms with Crippen LogP contribution in [0.2, 0.25) is 0 Å². The van der Waals surface area contributed by atoms with Gasteiger partial charge in [0.1, 0.15) is 11.5 Å². The lowest BCUT2D eigenvalue weighted by atomic mass is 10.2. The molecule has 0 amide bonds. The second-order valence-electron chi connectivity index (χ2n) is 3.60. The number of aliphatic carboxylic acids is 1. The Morgan fingerprint density at radius 3 is 2.76 bits per heavy atom. The summed E-state index contributed by atoms with van der Waals surface area (Å²) in [4.78, 5) is 10.8. The minimum atomic E-state index is -0.997. The molecule has 1 atom stereocenters. The molecule has 1 aromatic rings. The van der Waals surface area contributed by atoms with E-state index in [1.807, 2.05) is 19.2 Å². The molecule has 2 N–H and O–H groups in total. The van der Waals surface area contributed by atoms with Crippen LogP contribution in [0.25, 0.3) is 0 Å². The quantitative estimate of drug-likeness (QED) is 0.782. The van der Waals surface area contributed by atoms with E-state index in [4.69, 9.17) is 14.6 Å². The topological polar surface area (TPSA) is 67.8 Å². The molecule has 5 heteroatoms. The fraction of sp³-hybridized carbons (Fsp3) is 0.417. The van der Waals surface area contributed by atoms with Gasteiger partial charge in [0.2, 0.25) is 0 Å². The summed E-state index contributed by atoms with van der Waals surface area (Å²) in [5.41, 5.74) is 0.890. The SMILES string of the molecule is CNCc1ccc(OC)cc1OC(C)C(=O)O. The second kappa shape index (κ2) is 6.10. The van der Waals surface area contributed by atoms with Crippen molar-refractivity contribution in [2.45, 2.75) is 19.6 Å². The molecule has 0 saturated carbocycles. The highest BCUT2D eigenvalue weighted by Gasteiger charge is 2.15. The van der Waals surface area contributed by atoms with Crippen LogP contribution in [0.15, 0.2) is 18.2 Å². The van der Waals surface area contributed by atoms with Gasteiger partial charge < -0.3 is 19.9 Å². The summed E-state index contributed by atoms with van der Waals surface area (Å²) in [7, 11) is 3.37. The molecule has 1 aromatic carbocycles. The fourth-order valence-corrected chi connectivity index (χ4v) is 1.35. The largest absolute Gasteiger partial charge is 0.497 e. The molecular formula is C12H17NO4. The third-order valence-electron chi connectivity index (χ3n) is 2.29. The van der Waals surface area contributed by atoms with Crippen LogP contribution < -0.4 is 14.8 Å². The molecule has 0 bridgehead atoms. The third-order valence-corrected chi connectivity index (χ3v) is 2.29. The summed E-state index contributed by atoms with van der Waals surface area (Å²) in [5, 5.41) is 11.8. The first-order valence-corrected chi connectivity index (χ1v) is 5.29. The van der Waals surface area contributed by atoms with Crippen LogP contribution in [-0.4, -0.2) is 31.3 Å². The average molecular weight is 239 g/mol. The predicted octanol–water partition coefficient (Wildman–Crippen LogP) is 1.27. The summed E-state index contributed by atoms with van der Waals surface area (Å²) < 4.78 is 10.5. The van der Waals surface area contributed by atoms with Crippen LogP contribution in [0, 0.1) is 0 Å². The molecular weight excluding hydrogens is 222 g/mol. The Morgan fingerprint density at radius 1 is 1.53 bits per heavy atom. The molecule has 94 valence electrons. The molecule has 17 heavy (non-hydrogen) atoms. The smallest absolute Gasteiger partial charge is 0.344 e. The van der Waals surface area contributed by atoms with Crippen molar-refractivity contribution in [3.05, 3.63) is 23.8 Å². The average Bonchev–Trinajstić information content (AvgIpc) is 2.31. The highest BCUT2D eigenvalue weighted by atomic mass is 16.5. The Bertz CT molecular complexity index is 392. The number of hydrogen-bond acceptors (Lipinski definition) is 4. The van der Waals surface area contributed by atoms with Gasteiger partial charge in [-0.2, -0.15) is 0 Å². The summed E-state index contributed by atoms with van der Waals surface area (Å²) in [6, 6.07) is 5.34. The van der Waals surface area contributed by atoms with E-state index in [1.165, 1.54) is 6.92 Å². The van der Waals surface area contributed by atoms with Crippen LogP contribution in [-0.2, 0) is 11.3 Å². The Labute approximate surface area is 100 Å². The van der Waals surface area contributed by atoms with E-state index >= 15 is 0 Å². The van der Waals surface area contributed by atoms with Crippen LogP contribution in [0.4, 0.5) is 0 Å². The first-order valence-electron chi connectivity index (χ1n) is 5.29. The molecule has 0 aliphatic carbocycles. The van der Waals surface area contributed by atoms with Gasteiger partial charge in [0, 0.05) is 18.2 Å². The fourth-order valence-electron chi connectivity index (χ4n) is 1.35. The van der Waals surface area contributed by atoms with E-state index in [0.717, 1.165) is 5.56 Å². The molecule has 0 radical (unpaired) electrons. The molecule has 0 spiro atoms. The number of methoxy groups -OCH3 is 1. The number of ether oxygens (including phenoxy) is 2. The Kier molecular flexibility index (Phi) is 4.78. The van der Waals surface area contributed by atoms with E-state index in [1.54, 1.807) is 13.2 Å². The Balaban J connectivity index is 2.95. The van der Waals surface area contributed by atoms with Gasteiger partial charge in [0.05, 0.1) is 7.11 Å². The standard InChI is InChI=1S/C12H17NO4/c1-8(12(14)15)17-11-6-10(16-3)5-4-9(11)7-13-2/h4-6,8,13H,7H2,1-3H3,(H,14,15). The summed E-state index contributed by atoms with van der Waals surface area (Å²) in [5.74, 6) is 0.161. The van der Waals surface area contributed by atoms with Crippen LogP contribution in [0.1, 0.15) is 12.5 Å². The minimum absolute atomic E-state index is 0.522. The number of carbonyl (C=O) groups is 1. The van der Waals surface area contributed by atoms with Gasteiger partial charge in [0.15, 0.2) is 6.10 Å². The molecule has 0 aliphatic rings. The molecule has 1 unspecified atom stereocenters. The van der Waals surface area contributed by atoms with E-state index in [2.05, 4.69) is 5.32 Å². The van der Waals surface area contributed by atoms with Crippen molar-refractivity contribution in [2.24, 2.45) is 0 Å². The first kappa shape index (κ1) is 13.3. The van der Waals surface area contributed by atoms with E-state index in [-0.39, 0.29) is 0 Å². The van der Waals surface area contributed by atoms with Crippen molar-refractivity contribution in [1.82, 2.24) is 5.32 Å². The summed E-state index contributed by atoms with van der Waals surface area (Å²) in [6.07, 6.45) is -0.891. The maximum Gasteiger partial charge on any atom is 0.344 e. The maximum atomic E-state index is 10.8. The lowest BCUT2D eigenvalue weighted by molar-refractivity contribution is -0.144. The zero-order valence-corrected chi connectivity index (χ0v) is 10.2. The van der Waals surface area contributed by atoms with Crippen LogP contribution >= 0.6 is 0 Å². The predicted molar refractivity (Wildman–Crippen MR) is 63.5 cm³/mol. The number of nitrogens with one attached hydrogen (secondary N) is 1. The Morgan fingerprint density at radius 2 is 2.24 bits per heavy atom. The van der Waals surface area contributed by atoms with Crippen molar-refractivity contribution in [1.29, 1.82) is 0 Å². The number of carboxylic acids is 1. The third kappa shape index (κ3) is 3.64. The van der Waals surface area contributed by atoms with Gasteiger partial charge in [-0.05, 0) is 20.0 Å². The molecule has 5 nitrogen and oxygen atoms in total. The van der Waals surface area contributed by atoms with Crippen LogP contribution in [0.3, 0.4) is 0 Å². The first-order chi connectivity index (χ1) is 8.08. The highest BCUT2D eigenvalue weighted by Crippen LogP contribution is 2.25. The molecule has 0 saturated heterocycles. The number of benzene rings is 1. The number of hydrogen-bond donors (Lipinski definition) is 2. The summed E-state index contributed by atoms with van der Waals surface area (Å²) in [6.45, 7) is 2.09. The van der Waals surface area contributed by atoms with E-state index < -0.39 is 12.1 Å². The molecule has 1 rings (SSSR count). The van der Waals surface area contributed by atoms with Crippen molar-refractivity contribution >= 4 is 5.97 Å². The van der Waals surface area contributed by atoms with Gasteiger partial charge >= 0.3 is 5.97 Å². The number of carboxylic acid groups (broad SMARTS) is 1. The van der Waals surface area contributed by atoms with Gasteiger partial charge in [0.25, 0.3) is 0 Å². The minimum Gasteiger partial charge on any atom is -0.497 e. The maximum absolute atomic E-state index is 10.8. The zero-order chi connectivity index (χ0) is 12.8. The van der Waals surface area contributed by atoms with Crippen molar-refractivity contribution in [3.63, 3.8) is 0 Å². The monoisotopic (exact) mass is 239 g/mol. The lowest BCUT2D eigenvalue weighted by Gasteiger charge is -2.15. The Hall–Kier alpha value is -1.75. The molecule has 0 heterocycles. The second-order valence-corrected chi connectivity index (χ2v) is 3.60. The molecule has 0 fully saturated rings. The van der Waals surface area contributed by atoms with Gasteiger partial charge in [-0.15, -0.1) is 0 Å². The van der Waals surface area contributed by atoms with Crippen molar-refractivity contribution in [2.75, 3.05) is 14.2 Å². The van der Waals surface area contributed by atoms with Gasteiger partial charge in [-0.25, -0.2) is 4.79 Å². The summed E-state index contributed by atoms with van der Waals surface area (Å²) >= 11 is 0. The van der Waals surface area contributed by atoms with Gasteiger partial charge in [-0.1, -0.05) is 6.07 Å². The van der Waals surface area contributed by atoms with Gasteiger partial charge in [-0.3, -0.25) is 0 Å². The lowest BCUT2D eigenvalue weighted by Crippen LogP contribution is -2.23. The van der Waals surface area contributed by atoms with E-state index in [0.29, 0.717) is 18.0 Å².